The van der Waals surface area contributed by atoms with Crippen molar-refractivity contribution in [1.29, 1.82) is 0 Å². The molecule has 3 N–H and O–H groups in total. The number of fused-ring (bicyclic) bond motifs is 2. The molecule has 2 heterocycles. The van der Waals surface area contributed by atoms with Crippen LogP contribution in [0.3, 0.4) is 0 Å². The highest BCUT2D eigenvalue weighted by atomic mass is 16.4. The molecule has 1 aliphatic rings. The quantitative estimate of drug-likeness (QED) is 0.679. The molecule has 0 radical (unpaired) electrons. The van der Waals surface area contributed by atoms with Crippen LogP contribution in [0.1, 0.15) is 17.7 Å². The van der Waals surface area contributed by atoms with Crippen molar-refractivity contribution < 1.29 is 9.21 Å². The predicted molar refractivity (Wildman–Crippen MR) is 94.9 cm³/mol. The standard InChI is InChI=1S/C17H20N6O2/c1-23(2)17-21-14-8-12(4-6-15(14)25-17)20-16(24)19-11-3-5-13-10(7-11)9-18-22-13/h4,6,8-9,11H,3,5,7H2,1-2H3,(H,18,22)(H2,19,20,24)/t11-/m0/s1. The van der Waals surface area contributed by atoms with Crippen LogP contribution in [0.2, 0.25) is 0 Å². The molecule has 4 rings (SSSR count). The average Bonchev–Trinajstić information content (AvgIpc) is 3.20. The van der Waals surface area contributed by atoms with E-state index in [1.165, 1.54) is 11.3 Å². The smallest absolute Gasteiger partial charge is 0.319 e. The van der Waals surface area contributed by atoms with E-state index in [9.17, 15) is 4.79 Å². The van der Waals surface area contributed by atoms with Crippen LogP contribution in [-0.4, -0.2) is 41.3 Å². The van der Waals surface area contributed by atoms with Gasteiger partial charge in [0.2, 0.25) is 0 Å². The minimum absolute atomic E-state index is 0.112. The second kappa shape index (κ2) is 6.12. The Labute approximate surface area is 144 Å². The van der Waals surface area contributed by atoms with Crippen molar-refractivity contribution in [1.82, 2.24) is 20.5 Å². The molecule has 25 heavy (non-hydrogen) atoms. The number of nitrogens with one attached hydrogen (secondary N) is 3. The van der Waals surface area contributed by atoms with Crippen molar-refractivity contribution in [2.45, 2.75) is 25.3 Å². The van der Waals surface area contributed by atoms with Gasteiger partial charge in [0, 0.05) is 31.5 Å². The van der Waals surface area contributed by atoms with E-state index in [1.807, 2.05) is 32.4 Å². The first-order valence-corrected chi connectivity index (χ1v) is 8.25. The van der Waals surface area contributed by atoms with Gasteiger partial charge in [-0.2, -0.15) is 10.1 Å². The van der Waals surface area contributed by atoms with Gasteiger partial charge in [-0.3, -0.25) is 5.10 Å². The number of hydrogen-bond donors (Lipinski definition) is 3. The van der Waals surface area contributed by atoms with E-state index in [0.717, 1.165) is 19.3 Å². The Balaban J connectivity index is 1.41. The van der Waals surface area contributed by atoms with Crippen LogP contribution >= 0.6 is 0 Å². The van der Waals surface area contributed by atoms with Crippen molar-refractivity contribution >= 4 is 28.8 Å². The van der Waals surface area contributed by atoms with Gasteiger partial charge in [-0.1, -0.05) is 0 Å². The minimum atomic E-state index is -0.215. The highest BCUT2D eigenvalue weighted by Gasteiger charge is 2.21. The Bertz CT molecular complexity index is 913. The molecule has 0 saturated carbocycles. The van der Waals surface area contributed by atoms with Gasteiger partial charge in [0.1, 0.15) is 5.52 Å². The first kappa shape index (κ1) is 15.5. The average molecular weight is 340 g/mol. The minimum Gasteiger partial charge on any atom is -0.423 e. The van der Waals surface area contributed by atoms with Crippen LogP contribution in [0.15, 0.2) is 28.8 Å². The van der Waals surface area contributed by atoms with Gasteiger partial charge in [0.25, 0.3) is 6.01 Å². The molecule has 1 atom stereocenters. The summed E-state index contributed by atoms with van der Waals surface area (Å²) in [6, 6.07) is 5.86. The Hall–Kier alpha value is -3.03. The number of benzene rings is 1. The molecule has 0 fully saturated rings. The third-order valence-electron chi connectivity index (χ3n) is 4.37. The molecule has 3 aromatic rings. The number of hydrogen-bond acceptors (Lipinski definition) is 5. The summed E-state index contributed by atoms with van der Waals surface area (Å²) in [5.74, 6) is 0. The molecule has 1 aromatic carbocycles. The molecule has 0 spiro atoms. The number of urea groups is 1. The Morgan fingerprint density at radius 2 is 2.28 bits per heavy atom. The molecular formula is C17H20N6O2. The topological polar surface area (TPSA) is 99.1 Å². The molecule has 0 aliphatic heterocycles. The van der Waals surface area contributed by atoms with E-state index in [4.69, 9.17) is 4.42 Å². The highest BCUT2D eigenvalue weighted by molar-refractivity contribution is 5.92. The summed E-state index contributed by atoms with van der Waals surface area (Å²) in [5, 5.41) is 13.0. The molecule has 0 saturated heterocycles. The number of nitrogens with zero attached hydrogens (tertiary/aromatic N) is 3. The Morgan fingerprint density at radius 3 is 3.12 bits per heavy atom. The number of carbonyl (C=O) groups is 1. The number of rotatable bonds is 3. The van der Waals surface area contributed by atoms with Gasteiger partial charge in [-0.05, 0) is 43.0 Å². The number of amides is 2. The van der Waals surface area contributed by atoms with Crippen molar-refractivity contribution in [3.05, 3.63) is 35.7 Å². The summed E-state index contributed by atoms with van der Waals surface area (Å²) >= 11 is 0. The zero-order valence-corrected chi connectivity index (χ0v) is 14.2. The molecule has 0 bridgehead atoms. The summed E-state index contributed by atoms with van der Waals surface area (Å²) in [6.45, 7) is 0. The van der Waals surface area contributed by atoms with E-state index in [0.29, 0.717) is 22.8 Å². The molecule has 8 heteroatoms. The van der Waals surface area contributed by atoms with Crippen LogP contribution < -0.4 is 15.5 Å². The third kappa shape index (κ3) is 3.15. The fourth-order valence-electron chi connectivity index (χ4n) is 3.08. The molecular weight excluding hydrogens is 320 g/mol. The van der Waals surface area contributed by atoms with Crippen LogP contribution in [0.5, 0.6) is 0 Å². The van der Waals surface area contributed by atoms with E-state index in [-0.39, 0.29) is 12.1 Å². The molecule has 130 valence electrons. The monoisotopic (exact) mass is 340 g/mol. The molecule has 8 nitrogen and oxygen atoms in total. The second-order valence-corrected chi connectivity index (χ2v) is 6.49. The summed E-state index contributed by atoms with van der Waals surface area (Å²) in [6.07, 6.45) is 4.44. The highest BCUT2D eigenvalue weighted by Crippen LogP contribution is 2.24. The zero-order chi connectivity index (χ0) is 17.4. The van der Waals surface area contributed by atoms with Crippen molar-refractivity contribution in [3.8, 4) is 0 Å². The maximum Gasteiger partial charge on any atom is 0.319 e. The van der Waals surface area contributed by atoms with E-state index >= 15 is 0 Å². The SMILES string of the molecule is CN(C)c1nc2cc(NC(=O)N[C@H]3CCc4[nH]ncc4C3)ccc2o1. The van der Waals surface area contributed by atoms with E-state index in [2.05, 4.69) is 25.8 Å². The van der Waals surface area contributed by atoms with Crippen LogP contribution in [0.4, 0.5) is 16.5 Å². The number of aromatic nitrogens is 3. The van der Waals surface area contributed by atoms with Crippen LogP contribution in [0.25, 0.3) is 11.1 Å². The second-order valence-electron chi connectivity index (χ2n) is 6.49. The number of oxazole rings is 1. The number of carbonyl (C=O) groups excluding carboxylic acids is 1. The number of aromatic amines is 1. The predicted octanol–water partition coefficient (Wildman–Crippen LogP) is 2.30. The first-order valence-electron chi connectivity index (χ1n) is 8.25. The summed E-state index contributed by atoms with van der Waals surface area (Å²) in [7, 11) is 3.74. The molecule has 1 aliphatic carbocycles. The Kier molecular flexibility index (Phi) is 3.79. The summed E-state index contributed by atoms with van der Waals surface area (Å²) in [4.78, 5) is 18.5. The van der Waals surface area contributed by atoms with Gasteiger partial charge < -0.3 is 20.0 Å². The normalized spacial score (nSPS) is 16.5. The van der Waals surface area contributed by atoms with E-state index < -0.39 is 0 Å². The summed E-state index contributed by atoms with van der Waals surface area (Å²) in [5.41, 5.74) is 4.43. The molecule has 2 aromatic heterocycles. The van der Waals surface area contributed by atoms with Gasteiger partial charge in [-0.15, -0.1) is 0 Å². The van der Waals surface area contributed by atoms with Gasteiger partial charge >= 0.3 is 6.03 Å². The van der Waals surface area contributed by atoms with Crippen LogP contribution in [0, 0.1) is 0 Å². The lowest BCUT2D eigenvalue weighted by molar-refractivity contribution is 0.247. The number of H-pyrrole nitrogens is 1. The summed E-state index contributed by atoms with van der Waals surface area (Å²) < 4.78 is 5.61. The Morgan fingerprint density at radius 1 is 1.40 bits per heavy atom. The van der Waals surface area contributed by atoms with Crippen LogP contribution in [-0.2, 0) is 12.8 Å². The maximum absolute atomic E-state index is 12.3. The van der Waals surface area contributed by atoms with Crippen molar-refractivity contribution in [3.63, 3.8) is 0 Å². The molecule has 0 unspecified atom stereocenters. The fraction of sp³-hybridized carbons (Fsp3) is 0.353. The van der Waals surface area contributed by atoms with E-state index in [1.54, 1.807) is 11.0 Å². The largest absolute Gasteiger partial charge is 0.423 e. The van der Waals surface area contributed by atoms with Crippen molar-refractivity contribution in [2.24, 2.45) is 0 Å². The zero-order valence-electron chi connectivity index (χ0n) is 14.2. The molecule has 2 amide bonds. The maximum atomic E-state index is 12.3. The third-order valence-corrected chi connectivity index (χ3v) is 4.37. The van der Waals surface area contributed by atoms with Gasteiger partial charge in [-0.25, -0.2) is 4.79 Å². The van der Waals surface area contributed by atoms with Crippen molar-refractivity contribution in [2.75, 3.05) is 24.3 Å². The lowest BCUT2D eigenvalue weighted by Crippen LogP contribution is -2.41. The van der Waals surface area contributed by atoms with Gasteiger partial charge in [0.15, 0.2) is 5.58 Å². The number of anilines is 2. The van der Waals surface area contributed by atoms with Gasteiger partial charge in [0.05, 0.1) is 6.20 Å². The first-order chi connectivity index (χ1) is 12.1. The lowest BCUT2D eigenvalue weighted by Gasteiger charge is -2.22. The lowest BCUT2D eigenvalue weighted by atomic mass is 9.94. The fourth-order valence-corrected chi connectivity index (χ4v) is 3.08. The number of aryl methyl sites for hydroxylation is 1.